The fourth-order valence-electron chi connectivity index (χ4n) is 2.81. The Hall–Kier alpha value is -2.80. The second-order valence-electron chi connectivity index (χ2n) is 5.33. The van der Waals surface area contributed by atoms with Crippen LogP contribution in [0.1, 0.15) is 17.8 Å². The fourth-order valence-corrected chi connectivity index (χ4v) is 3.43. The summed E-state index contributed by atoms with van der Waals surface area (Å²) in [5.41, 5.74) is 2.29. The number of hydrogen-bond acceptors (Lipinski definition) is 5. The molecule has 4 rings (SSSR count). The highest BCUT2D eigenvalue weighted by Gasteiger charge is 2.22. The molecule has 0 saturated heterocycles. The minimum absolute atomic E-state index is 0.0935. The first-order valence-electron chi connectivity index (χ1n) is 7.05. The average Bonchev–Trinajstić information content (AvgIpc) is 3.18. The Bertz CT molecular complexity index is 1020. The van der Waals surface area contributed by atoms with Crippen LogP contribution >= 0.6 is 11.3 Å². The topological polar surface area (TPSA) is 78.0 Å². The Morgan fingerprint density at radius 3 is 2.96 bits per heavy atom. The van der Waals surface area contributed by atoms with Crippen molar-refractivity contribution >= 4 is 39.6 Å². The second kappa shape index (κ2) is 5.13. The standard InChI is InChI=1S/C16H11N3O3S/c20-16-13-8-12(19(21)22)1-2-14(13)17-15-11(3-5-18(15)16)7-10-4-6-23-9-10/h1-2,4,6-9H,3,5H2/b11-7+. The molecule has 6 nitrogen and oxygen atoms in total. The predicted molar refractivity (Wildman–Crippen MR) is 89.5 cm³/mol. The Labute approximate surface area is 134 Å². The van der Waals surface area contributed by atoms with Crippen molar-refractivity contribution in [1.82, 2.24) is 9.55 Å². The molecule has 0 bridgehead atoms. The summed E-state index contributed by atoms with van der Waals surface area (Å²) in [5, 5.41) is 15.2. The van der Waals surface area contributed by atoms with E-state index in [1.165, 1.54) is 18.2 Å². The van der Waals surface area contributed by atoms with E-state index >= 15 is 0 Å². The van der Waals surface area contributed by atoms with Crippen LogP contribution in [0.4, 0.5) is 5.69 Å². The SMILES string of the molecule is O=c1c2cc([N+](=O)[O-])ccc2nc2n1CC/C2=C\c1ccsc1. The van der Waals surface area contributed by atoms with E-state index in [-0.39, 0.29) is 11.2 Å². The largest absolute Gasteiger partial charge is 0.292 e. The molecular formula is C16H11N3O3S. The maximum atomic E-state index is 12.6. The number of non-ortho nitro benzene ring substituents is 1. The summed E-state index contributed by atoms with van der Waals surface area (Å²) in [6.07, 6.45) is 2.77. The lowest BCUT2D eigenvalue weighted by Crippen LogP contribution is -2.20. The minimum atomic E-state index is -0.501. The monoisotopic (exact) mass is 325 g/mol. The molecule has 2 aromatic heterocycles. The number of thiophene rings is 1. The first-order valence-corrected chi connectivity index (χ1v) is 8.00. The van der Waals surface area contributed by atoms with E-state index in [1.54, 1.807) is 15.9 Å². The van der Waals surface area contributed by atoms with Gasteiger partial charge in [0.2, 0.25) is 0 Å². The molecule has 0 saturated carbocycles. The molecule has 114 valence electrons. The van der Waals surface area contributed by atoms with Crippen LogP contribution < -0.4 is 5.56 Å². The van der Waals surface area contributed by atoms with Gasteiger partial charge in [-0.15, -0.1) is 0 Å². The molecule has 0 atom stereocenters. The normalized spacial score (nSPS) is 15.2. The fraction of sp³-hybridized carbons (Fsp3) is 0.125. The lowest BCUT2D eigenvalue weighted by molar-refractivity contribution is -0.384. The Balaban J connectivity index is 1.92. The van der Waals surface area contributed by atoms with E-state index in [0.717, 1.165) is 17.6 Å². The number of benzene rings is 1. The molecule has 0 N–H and O–H groups in total. The predicted octanol–water partition coefficient (Wildman–Crippen LogP) is 3.31. The van der Waals surface area contributed by atoms with Gasteiger partial charge >= 0.3 is 0 Å². The number of allylic oxidation sites excluding steroid dienone is 1. The number of nitrogens with zero attached hydrogens (tertiary/aromatic N) is 3. The third-order valence-corrected chi connectivity index (χ3v) is 4.63. The van der Waals surface area contributed by atoms with E-state index in [9.17, 15) is 14.9 Å². The van der Waals surface area contributed by atoms with E-state index in [0.29, 0.717) is 23.3 Å². The third kappa shape index (κ3) is 2.25. The van der Waals surface area contributed by atoms with Crippen molar-refractivity contribution in [2.24, 2.45) is 0 Å². The van der Waals surface area contributed by atoms with Gasteiger partial charge in [-0.1, -0.05) is 0 Å². The number of aromatic nitrogens is 2. The Morgan fingerprint density at radius 2 is 2.22 bits per heavy atom. The van der Waals surface area contributed by atoms with Gasteiger partial charge in [0.25, 0.3) is 11.2 Å². The molecule has 7 heteroatoms. The van der Waals surface area contributed by atoms with Crippen LogP contribution in [-0.2, 0) is 6.54 Å². The number of rotatable bonds is 2. The van der Waals surface area contributed by atoms with Crippen molar-refractivity contribution in [3.8, 4) is 0 Å². The number of nitro benzene ring substituents is 1. The van der Waals surface area contributed by atoms with Gasteiger partial charge in [-0.05, 0) is 46.5 Å². The van der Waals surface area contributed by atoms with Crippen LogP contribution in [0.2, 0.25) is 0 Å². The van der Waals surface area contributed by atoms with E-state index < -0.39 is 4.92 Å². The molecule has 1 aliphatic rings. The first-order chi connectivity index (χ1) is 11.1. The summed E-state index contributed by atoms with van der Waals surface area (Å²) in [4.78, 5) is 27.6. The maximum Gasteiger partial charge on any atom is 0.270 e. The smallest absolute Gasteiger partial charge is 0.270 e. The summed E-state index contributed by atoms with van der Waals surface area (Å²) in [7, 11) is 0. The number of nitro groups is 1. The summed E-state index contributed by atoms with van der Waals surface area (Å²) in [5.74, 6) is 0.655. The van der Waals surface area contributed by atoms with Crippen LogP contribution in [-0.4, -0.2) is 14.5 Å². The van der Waals surface area contributed by atoms with Crippen LogP contribution in [0, 0.1) is 10.1 Å². The van der Waals surface area contributed by atoms with Crippen LogP contribution in [0.3, 0.4) is 0 Å². The molecule has 23 heavy (non-hydrogen) atoms. The second-order valence-corrected chi connectivity index (χ2v) is 6.11. The van der Waals surface area contributed by atoms with Crippen molar-refractivity contribution < 1.29 is 4.92 Å². The van der Waals surface area contributed by atoms with Gasteiger partial charge in [0, 0.05) is 18.7 Å². The highest BCUT2D eigenvalue weighted by atomic mass is 32.1. The van der Waals surface area contributed by atoms with Gasteiger partial charge in [0.1, 0.15) is 5.82 Å². The first kappa shape index (κ1) is 13.8. The molecule has 0 radical (unpaired) electrons. The molecule has 3 heterocycles. The summed E-state index contributed by atoms with van der Waals surface area (Å²) in [6, 6.07) is 6.24. The Morgan fingerprint density at radius 1 is 1.35 bits per heavy atom. The van der Waals surface area contributed by atoms with Gasteiger partial charge in [-0.25, -0.2) is 4.98 Å². The molecule has 0 aliphatic carbocycles. The van der Waals surface area contributed by atoms with Gasteiger partial charge in [0.05, 0.1) is 15.8 Å². The average molecular weight is 325 g/mol. The quantitative estimate of drug-likeness (QED) is 0.535. The minimum Gasteiger partial charge on any atom is -0.292 e. The van der Waals surface area contributed by atoms with Crippen molar-refractivity contribution in [2.45, 2.75) is 13.0 Å². The van der Waals surface area contributed by atoms with Gasteiger partial charge in [-0.2, -0.15) is 11.3 Å². The van der Waals surface area contributed by atoms with E-state index in [4.69, 9.17) is 0 Å². The molecule has 0 unspecified atom stereocenters. The Kier molecular flexibility index (Phi) is 3.09. The zero-order valence-corrected chi connectivity index (χ0v) is 12.7. The maximum absolute atomic E-state index is 12.6. The molecule has 0 amide bonds. The van der Waals surface area contributed by atoms with Crippen LogP contribution in [0.25, 0.3) is 22.6 Å². The van der Waals surface area contributed by atoms with E-state index in [2.05, 4.69) is 4.98 Å². The van der Waals surface area contributed by atoms with Crippen molar-refractivity contribution in [1.29, 1.82) is 0 Å². The molecular weight excluding hydrogens is 314 g/mol. The van der Waals surface area contributed by atoms with Crippen LogP contribution in [0.15, 0.2) is 39.8 Å². The summed E-state index contributed by atoms with van der Waals surface area (Å²) in [6.45, 7) is 0.551. The summed E-state index contributed by atoms with van der Waals surface area (Å²) < 4.78 is 1.60. The highest BCUT2D eigenvalue weighted by Crippen LogP contribution is 2.28. The zero-order chi connectivity index (χ0) is 16.0. The molecule has 3 aromatic rings. The molecule has 0 fully saturated rings. The number of fused-ring (bicyclic) bond motifs is 2. The third-order valence-electron chi connectivity index (χ3n) is 3.92. The van der Waals surface area contributed by atoms with Gasteiger partial charge < -0.3 is 0 Å². The van der Waals surface area contributed by atoms with Gasteiger partial charge in [0.15, 0.2) is 0 Å². The van der Waals surface area contributed by atoms with Gasteiger partial charge in [-0.3, -0.25) is 19.5 Å². The van der Waals surface area contributed by atoms with Crippen LogP contribution in [0.5, 0.6) is 0 Å². The summed E-state index contributed by atoms with van der Waals surface area (Å²) >= 11 is 1.62. The molecule has 1 aromatic carbocycles. The van der Waals surface area contributed by atoms with Crippen molar-refractivity contribution in [3.05, 3.63) is 66.9 Å². The van der Waals surface area contributed by atoms with E-state index in [1.807, 2.05) is 22.9 Å². The number of hydrogen-bond donors (Lipinski definition) is 0. The lowest BCUT2D eigenvalue weighted by atomic mass is 10.1. The molecule has 0 spiro atoms. The molecule has 1 aliphatic heterocycles. The zero-order valence-electron chi connectivity index (χ0n) is 11.9. The van der Waals surface area contributed by atoms with Crippen molar-refractivity contribution in [2.75, 3.05) is 0 Å². The lowest BCUT2D eigenvalue weighted by Gasteiger charge is -2.05. The van der Waals surface area contributed by atoms with Crippen molar-refractivity contribution in [3.63, 3.8) is 0 Å². The highest BCUT2D eigenvalue weighted by molar-refractivity contribution is 7.08.